The Hall–Kier alpha value is -1.28. The molecule has 1 aromatic rings. The van der Waals surface area contributed by atoms with Crippen molar-refractivity contribution in [3.05, 3.63) is 42.5 Å². The molecule has 0 saturated heterocycles. The smallest absolute Gasteiger partial charge is 0.120 e. The van der Waals surface area contributed by atoms with Crippen molar-refractivity contribution in [1.82, 2.24) is 0 Å². The first-order chi connectivity index (χ1) is 7.15. The van der Waals surface area contributed by atoms with Crippen molar-refractivity contribution in [3.63, 3.8) is 0 Å². The standard InChI is InChI=1S/C13H19NO/c1-4-8-15-12-7-5-6-11(9-12)13(14)10(2)3/h4-7,9-10,13H,1,8,14H2,2-3H3/t13-/m1/s1. The minimum absolute atomic E-state index is 0.0669. The molecule has 0 bridgehead atoms. The second-order valence-corrected chi connectivity index (χ2v) is 3.94. The van der Waals surface area contributed by atoms with Crippen LogP contribution in [-0.2, 0) is 0 Å². The molecule has 2 heteroatoms. The van der Waals surface area contributed by atoms with Gasteiger partial charge in [0.1, 0.15) is 12.4 Å². The molecule has 82 valence electrons. The Labute approximate surface area is 91.7 Å². The minimum atomic E-state index is 0.0669. The van der Waals surface area contributed by atoms with Gasteiger partial charge in [0.2, 0.25) is 0 Å². The summed E-state index contributed by atoms with van der Waals surface area (Å²) in [5.41, 5.74) is 7.18. The quantitative estimate of drug-likeness (QED) is 0.750. The summed E-state index contributed by atoms with van der Waals surface area (Å²) in [5.74, 6) is 1.28. The fourth-order valence-electron chi connectivity index (χ4n) is 1.35. The Morgan fingerprint density at radius 3 is 2.80 bits per heavy atom. The molecule has 15 heavy (non-hydrogen) atoms. The normalized spacial score (nSPS) is 12.5. The zero-order valence-corrected chi connectivity index (χ0v) is 9.44. The van der Waals surface area contributed by atoms with Gasteiger partial charge in [-0.15, -0.1) is 0 Å². The molecule has 1 aromatic carbocycles. The van der Waals surface area contributed by atoms with Gasteiger partial charge < -0.3 is 10.5 Å². The molecule has 2 N–H and O–H groups in total. The van der Waals surface area contributed by atoms with Gasteiger partial charge in [0.15, 0.2) is 0 Å². The van der Waals surface area contributed by atoms with E-state index in [4.69, 9.17) is 10.5 Å². The van der Waals surface area contributed by atoms with Crippen molar-refractivity contribution >= 4 is 0 Å². The van der Waals surface area contributed by atoms with Crippen LogP contribution in [0.15, 0.2) is 36.9 Å². The van der Waals surface area contributed by atoms with Gasteiger partial charge in [-0.2, -0.15) is 0 Å². The van der Waals surface area contributed by atoms with Crippen molar-refractivity contribution in [3.8, 4) is 5.75 Å². The lowest BCUT2D eigenvalue weighted by Crippen LogP contribution is -2.16. The van der Waals surface area contributed by atoms with Gasteiger partial charge in [-0.1, -0.05) is 38.6 Å². The summed E-state index contributed by atoms with van der Waals surface area (Å²) in [6.45, 7) is 8.37. The molecule has 0 heterocycles. The molecule has 0 unspecified atom stereocenters. The molecular weight excluding hydrogens is 186 g/mol. The third-order valence-corrected chi connectivity index (χ3v) is 2.33. The number of benzene rings is 1. The zero-order chi connectivity index (χ0) is 11.3. The van der Waals surface area contributed by atoms with Crippen LogP contribution in [-0.4, -0.2) is 6.61 Å². The average molecular weight is 205 g/mol. The lowest BCUT2D eigenvalue weighted by molar-refractivity contribution is 0.362. The summed E-state index contributed by atoms with van der Waals surface area (Å²) in [6, 6.07) is 7.99. The zero-order valence-electron chi connectivity index (χ0n) is 9.44. The number of hydrogen-bond donors (Lipinski definition) is 1. The molecule has 2 nitrogen and oxygen atoms in total. The highest BCUT2D eigenvalue weighted by molar-refractivity contribution is 5.30. The fourth-order valence-corrected chi connectivity index (χ4v) is 1.35. The predicted octanol–water partition coefficient (Wildman–Crippen LogP) is 2.91. The molecule has 0 spiro atoms. The molecule has 0 saturated carbocycles. The Balaban J connectivity index is 2.77. The van der Waals surface area contributed by atoms with Crippen LogP contribution < -0.4 is 10.5 Å². The molecule has 0 aliphatic carbocycles. The van der Waals surface area contributed by atoms with Gasteiger partial charge in [-0.3, -0.25) is 0 Å². The molecule has 0 aliphatic rings. The topological polar surface area (TPSA) is 35.2 Å². The minimum Gasteiger partial charge on any atom is -0.490 e. The third kappa shape index (κ3) is 3.40. The molecular formula is C13H19NO. The Bertz CT molecular complexity index is 320. The highest BCUT2D eigenvalue weighted by atomic mass is 16.5. The highest BCUT2D eigenvalue weighted by Crippen LogP contribution is 2.22. The number of rotatable bonds is 5. The maximum absolute atomic E-state index is 6.06. The average Bonchev–Trinajstić information content (AvgIpc) is 2.25. The van der Waals surface area contributed by atoms with E-state index >= 15 is 0 Å². The second kappa shape index (κ2) is 5.56. The van der Waals surface area contributed by atoms with E-state index in [-0.39, 0.29) is 6.04 Å². The molecule has 0 radical (unpaired) electrons. The first kappa shape index (κ1) is 11.8. The molecule has 0 amide bonds. The third-order valence-electron chi connectivity index (χ3n) is 2.33. The maximum Gasteiger partial charge on any atom is 0.120 e. The fraction of sp³-hybridized carbons (Fsp3) is 0.385. The SMILES string of the molecule is C=CCOc1cccc([C@H](N)C(C)C)c1. The van der Waals surface area contributed by atoms with Crippen LogP contribution in [0.2, 0.25) is 0 Å². The van der Waals surface area contributed by atoms with Crippen LogP contribution in [0.4, 0.5) is 0 Å². The van der Waals surface area contributed by atoms with Crippen molar-refractivity contribution in [2.75, 3.05) is 6.61 Å². The Morgan fingerprint density at radius 2 is 2.20 bits per heavy atom. The van der Waals surface area contributed by atoms with Crippen molar-refractivity contribution in [2.24, 2.45) is 11.7 Å². The summed E-state index contributed by atoms with van der Waals surface area (Å²) < 4.78 is 5.45. The van der Waals surface area contributed by atoms with E-state index < -0.39 is 0 Å². The lowest BCUT2D eigenvalue weighted by atomic mass is 9.97. The Morgan fingerprint density at radius 1 is 1.47 bits per heavy atom. The van der Waals surface area contributed by atoms with Gasteiger partial charge in [0.25, 0.3) is 0 Å². The van der Waals surface area contributed by atoms with Crippen LogP contribution >= 0.6 is 0 Å². The van der Waals surface area contributed by atoms with E-state index in [9.17, 15) is 0 Å². The molecule has 1 rings (SSSR count). The number of hydrogen-bond acceptors (Lipinski definition) is 2. The van der Waals surface area contributed by atoms with Crippen LogP contribution in [0, 0.1) is 5.92 Å². The predicted molar refractivity (Wildman–Crippen MR) is 63.9 cm³/mol. The first-order valence-electron chi connectivity index (χ1n) is 5.24. The summed E-state index contributed by atoms with van der Waals surface area (Å²) in [7, 11) is 0. The van der Waals surface area contributed by atoms with E-state index in [1.807, 2.05) is 24.3 Å². The van der Waals surface area contributed by atoms with Gasteiger partial charge in [0.05, 0.1) is 0 Å². The van der Waals surface area contributed by atoms with Gasteiger partial charge in [-0.05, 0) is 23.6 Å². The van der Waals surface area contributed by atoms with Crippen LogP contribution in [0.5, 0.6) is 5.75 Å². The number of ether oxygens (including phenoxy) is 1. The van der Waals surface area contributed by atoms with Crippen molar-refractivity contribution < 1.29 is 4.74 Å². The molecule has 0 aliphatic heterocycles. The monoisotopic (exact) mass is 205 g/mol. The van der Waals surface area contributed by atoms with Crippen LogP contribution in [0.3, 0.4) is 0 Å². The Kier molecular flexibility index (Phi) is 4.37. The second-order valence-electron chi connectivity index (χ2n) is 3.94. The van der Waals surface area contributed by atoms with Gasteiger partial charge in [-0.25, -0.2) is 0 Å². The lowest BCUT2D eigenvalue weighted by Gasteiger charge is -2.16. The maximum atomic E-state index is 6.06. The van der Waals surface area contributed by atoms with E-state index in [1.165, 1.54) is 0 Å². The molecule has 0 aromatic heterocycles. The van der Waals surface area contributed by atoms with Crippen LogP contribution in [0.25, 0.3) is 0 Å². The van der Waals surface area contributed by atoms with E-state index in [1.54, 1.807) is 6.08 Å². The summed E-state index contributed by atoms with van der Waals surface area (Å²) >= 11 is 0. The summed E-state index contributed by atoms with van der Waals surface area (Å²) in [5, 5.41) is 0. The van der Waals surface area contributed by atoms with E-state index in [0.29, 0.717) is 12.5 Å². The number of nitrogens with two attached hydrogens (primary N) is 1. The largest absolute Gasteiger partial charge is 0.490 e. The summed E-state index contributed by atoms with van der Waals surface area (Å²) in [4.78, 5) is 0. The van der Waals surface area contributed by atoms with Crippen LogP contribution in [0.1, 0.15) is 25.5 Å². The molecule has 1 atom stereocenters. The van der Waals surface area contributed by atoms with Gasteiger partial charge >= 0.3 is 0 Å². The van der Waals surface area contributed by atoms with Crippen molar-refractivity contribution in [2.45, 2.75) is 19.9 Å². The first-order valence-corrected chi connectivity index (χ1v) is 5.24. The van der Waals surface area contributed by atoms with E-state index in [0.717, 1.165) is 11.3 Å². The highest BCUT2D eigenvalue weighted by Gasteiger charge is 2.10. The summed E-state index contributed by atoms with van der Waals surface area (Å²) in [6.07, 6.45) is 1.73. The molecule has 0 fully saturated rings. The van der Waals surface area contributed by atoms with E-state index in [2.05, 4.69) is 20.4 Å². The van der Waals surface area contributed by atoms with Gasteiger partial charge in [0, 0.05) is 6.04 Å². The van der Waals surface area contributed by atoms with Crippen molar-refractivity contribution in [1.29, 1.82) is 0 Å².